The van der Waals surface area contributed by atoms with E-state index in [0.29, 0.717) is 23.8 Å². The molecule has 2 amide bonds. The zero-order valence-corrected chi connectivity index (χ0v) is 17.4. The lowest BCUT2D eigenvalue weighted by atomic mass is 9.80. The first-order valence-corrected chi connectivity index (χ1v) is 10.1. The van der Waals surface area contributed by atoms with Crippen LogP contribution in [-0.4, -0.2) is 52.2 Å². The third-order valence-corrected chi connectivity index (χ3v) is 5.98. The van der Waals surface area contributed by atoms with Gasteiger partial charge in [-0.15, -0.1) is 0 Å². The van der Waals surface area contributed by atoms with E-state index in [1.807, 2.05) is 43.2 Å². The topological polar surface area (TPSA) is 76.5 Å². The smallest absolute Gasteiger partial charge is 0.251 e. The van der Waals surface area contributed by atoms with Gasteiger partial charge in [0.15, 0.2) is 0 Å². The third kappa shape index (κ3) is 3.51. The lowest BCUT2D eigenvalue weighted by molar-refractivity contribution is -0.126. The van der Waals surface area contributed by atoms with Crippen LogP contribution >= 0.6 is 0 Å². The molecule has 3 aliphatic rings. The highest BCUT2D eigenvalue weighted by Crippen LogP contribution is 2.41. The van der Waals surface area contributed by atoms with Gasteiger partial charge in [-0.1, -0.05) is 18.2 Å². The number of aromatic nitrogens is 2. The number of amides is 2. The number of carbonyl (C=O) groups excluding carboxylic acids is 2. The summed E-state index contributed by atoms with van der Waals surface area (Å²) >= 11 is 0. The first kappa shape index (κ1) is 19.9. The normalized spacial score (nSPS) is 22.5. The number of benzene rings is 1. The van der Waals surface area contributed by atoms with E-state index in [9.17, 15) is 9.59 Å². The van der Waals surface area contributed by atoms with Crippen molar-refractivity contribution < 1.29 is 14.3 Å². The number of allylic oxidation sites excluding steroid dienone is 3. The Bertz CT molecular complexity index is 1020. The first-order chi connectivity index (χ1) is 14.5. The molecule has 7 nitrogen and oxygen atoms in total. The van der Waals surface area contributed by atoms with Crippen molar-refractivity contribution in [2.24, 2.45) is 13.0 Å². The van der Waals surface area contributed by atoms with Crippen molar-refractivity contribution in [1.29, 1.82) is 0 Å². The standard InChI is InChI=1S/C23H26N4O3/c1-4-5-6-7-21(28)27-14-16-13-19(27)22(16)25-23(29)15-8-9-20(30-3)17(12-15)18-10-11-24-26(18)2/h4-12,16,19,22H,13-14H2,1-3H3,(H,25,29)/b5-4+,7-6+/t16-,19-,22+/m0/s1. The Morgan fingerprint density at radius 2 is 2.10 bits per heavy atom. The van der Waals surface area contributed by atoms with Gasteiger partial charge < -0.3 is 15.0 Å². The van der Waals surface area contributed by atoms with Crippen LogP contribution in [0.2, 0.25) is 0 Å². The highest BCUT2D eigenvalue weighted by Gasteiger charge is 2.53. The van der Waals surface area contributed by atoms with Gasteiger partial charge in [0.05, 0.1) is 24.9 Å². The SMILES string of the molecule is C/C=C/C=C/C(=O)N1C[C@@H]2C[C@H]1[C@@H]2NC(=O)c1ccc(OC)c(-c2ccnn2C)c1. The fourth-order valence-electron chi connectivity index (χ4n) is 4.35. The molecule has 1 aromatic carbocycles. The van der Waals surface area contributed by atoms with Crippen LogP contribution in [0.1, 0.15) is 23.7 Å². The zero-order chi connectivity index (χ0) is 21.3. The van der Waals surface area contributed by atoms with Crippen LogP contribution in [0.4, 0.5) is 0 Å². The molecule has 0 unspecified atom stereocenters. The number of fused-ring (bicyclic) bond motifs is 1. The Morgan fingerprint density at radius 3 is 2.80 bits per heavy atom. The molecule has 1 N–H and O–H groups in total. The van der Waals surface area contributed by atoms with Crippen molar-refractivity contribution in [2.75, 3.05) is 13.7 Å². The summed E-state index contributed by atoms with van der Waals surface area (Å²) in [6.07, 6.45) is 9.71. The Balaban J connectivity index is 1.48. The molecule has 2 aromatic rings. The number of rotatable bonds is 6. The molecule has 0 radical (unpaired) electrons. The summed E-state index contributed by atoms with van der Waals surface area (Å²) in [5, 5.41) is 7.34. The number of aryl methyl sites for hydroxylation is 1. The summed E-state index contributed by atoms with van der Waals surface area (Å²) in [5.74, 6) is 0.858. The molecule has 5 rings (SSSR count). The summed E-state index contributed by atoms with van der Waals surface area (Å²) < 4.78 is 7.22. The molecule has 3 atom stereocenters. The number of methoxy groups -OCH3 is 1. The van der Waals surface area contributed by atoms with Gasteiger partial charge in [-0.25, -0.2) is 0 Å². The minimum atomic E-state index is -0.139. The minimum Gasteiger partial charge on any atom is -0.496 e. The van der Waals surface area contributed by atoms with E-state index in [1.165, 1.54) is 0 Å². The van der Waals surface area contributed by atoms with Gasteiger partial charge in [0, 0.05) is 42.9 Å². The third-order valence-electron chi connectivity index (χ3n) is 5.98. The van der Waals surface area contributed by atoms with Crippen molar-refractivity contribution >= 4 is 11.8 Å². The molecule has 2 aliphatic heterocycles. The second-order valence-electron chi connectivity index (χ2n) is 7.69. The van der Waals surface area contributed by atoms with Gasteiger partial charge in [0.1, 0.15) is 5.75 Å². The average Bonchev–Trinajstić information content (AvgIpc) is 3.46. The molecule has 7 heteroatoms. The van der Waals surface area contributed by atoms with Crippen molar-refractivity contribution in [3.63, 3.8) is 0 Å². The van der Waals surface area contributed by atoms with E-state index < -0.39 is 0 Å². The van der Waals surface area contributed by atoms with Crippen LogP contribution in [0.3, 0.4) is 0 Å². The summed E-state index contributed by atoms with van der Waals surface area (Å²) in [4.78, 5) is 27.2. The maximum absolute atomic E-state index is 13.0. The predicted octanol–water partition coefficient (Wildman–Crippen LogP) is 2.56. The monoisotopic (exact) mass is 406 g/mol. The molecule has 1 saturated carbocycles. The van der Waals surface area contributed by atoms with Crippen LogP contribution < -0.4 is 10.1 Å². The molecule has 30 heavy (non-hydrogen) atoms. The predicted molar refractivity (Wildman–Crippen MR) is 114 cm³/mol. The molecule has 3 heterocycles. The van der Waals surface area contributed by atoms with Crippen LogP contribution in [0.5, 0.6) is 5.75 Å². The summed E-state index contributed by atoms with van der Waals surface area (Å²) in [5.41, 5.74) is 2.24. The number of ether oxygens (including phenoxy) is 1. The van der Waals surface area contributed by atoms with Crippen molar-refractivity contribution in [3.8, 4) is 17.0 Å². The van der Waals surface area contributed by atoms with Crippen LogP contribution in [0.15, 0.2) is 54.8 Å². The van der Waals surface area contributed by atoms with E-state index >= 15 is 0 Å². The number of hydrogen-bond donors (Lipinski definition) is 1. The van der Waals surface area contributed by atoms with E-state index in [0.717, 1.165) is 17.7 Å². The molecule has 2 saturated heterocycles. The maximum Gasteiger partial charge on any atom is 0.251 e. The number of nitrogens with one attached hydrogen (secondary N) is 1. The van der Waals surface area contributed by atoms with Gasteiger partial charge in [-0.2, -0.15) is 5.10 Å². The average molecular weight is 406 g/mol. The Kier molecular flexibility index (Phi) is 5.44. The molecule has 0 spiro atoms. The Hall–Kier alpha value is -3.35. The number of carbonyl (C=O) groups is 2. The molecule has 1 aromatic heterocycles. The van der Waals surface area contributed by atoms with E-state index in [2.05, 4.69) is 10.4 Å². The van der Waals surface area contributed by atoms with Crippen LogP contribution in [0, 0.1) is 5.92 Å². The summed E-state index contributed by atoms with van der Waals surface area (Å²) in [6, 6.07) is 7.34. The largest absolute Gasteiger partial charge is 0.496 e. The Morgan fingerprint density at radius 1 is 1.27 bits per heavy atom. The van der Waals surface area contributed by atoms with Gasteiger partial charge in [-0.3, -0.25) is 14.3 Å². The highest BCUT2D eigenvalue weighted by molar-refractivity contribution is 5.96. The highest BCUT2D eigenvalue weighted by atomic mass is 16.5. The Labute approximate surface area is 176 Å². The fourth-order valence-corrected chi connectivity index (χ4v) is 4.35. The van der Waals surface area contributed by atoms with Gasteiger partial charge in [0.25, 0.3) is 5.91 Å². The summed E-state index contributed by atoms with van der Waals surface area (Å²) in [7, 11) is 3.46. The minimum absolute atomic E-state index is 0.000269. The van der Waals surface area contributed by atoms with Crippen LogP contribution in [-0.2, 0) is 11.8 Å². The van der Waals surface area contributed by atoms with Gasteiger partial charge >= 0.3 is 0 Å². The van der Waals surface area contributed by atoms with Gasteiger partial charge in [0.2, 0.25) is 5.91 Å². The second-order valence-corrected chi connectivity index (χ2v) is 7.69. The number of nitrogens with zero attached hydrogens (tertiary/aromatic N) is 3. The molecule has 2 bridgehead atoms. The lowest BCUT2D eigenvalue weighted by Gasteiger charge is -2.36. The first-order valence-electron chi connectivity index (χ1n) is 10.1. The molecule has 156 valence electrons. The van der Waals surface area contributed by atoms with E-state index in [1.54, 1.807) is 42.3 Å². The quantitative estimate of drug-likeness (QED) is 0.591. The molecule has 3 fully saturated rings. The van der Waals surface area contributed by atoms with Gasteiger partial charge in [-0.05, 0) is 37.6 Å². The van der Waals surface area contributed by atoms with Crippen LogP contribution in [0.25, 0.3) is 11.3 Å². The summed E-state index contributed by atoms with van der Waals surface area (Å²) in [6.45, 7) is 2.60. The lowest BCUT2D eigenvalue weighted by Crippen LogP contribution is -2.55. The maximum atomic E-state index is 13.0. The second kappa shape index (κ2) is 8.18. The molecular weight excluding hydrogens is 380 g/mol. The van der Waals surface area contributed by atoms with Crippen molar-refractivity contribution in [1.82, 2.24) is 20.0 Å². The van der Waals surface area contributed by atoms with E-state index in [4.69, 9.17) is 4.74 Å². The molecular formula is C23H26N4O3. The van der Waals surface area contributed by atoms with Crippen molar-refractivity contribution in [3.05, 3.63) is 60.3 Å². The van der Waals surface area contributed by atoms with Crippen molar-refractivity contribution in [2.45, 2.75) is 25.4 Å². The fraction of sp³-hybridized carbons (Fsp3) is 0.348. The molecule has 1 aliphatic carbocycles. The zero-order valence-electron chi connectivity index (χ0n) is 17.4. The van der Waals surface area contributed by atoms with E-state index in [-0.39, 0.29) is 23.9 Å². The number of hydrogen-bond acceptors (Lipinski definition) is 4.